The minimum atomic E-state index is -0.0792. The number of hydrazine groups is 1. The highest BCUT2D eigenvalue weighted by atomic mass is 16.5. The Hall–Kier alpha value is -0.380. The smallest absolute Gasteiger partial charge is 0.0821 e. The van der Waals surface area contributed by atoms with Gasteiger partial charge in [0.25, 0.3) is 0 Å². The van der Waals surface area contributed by atoms with Crippen molar-refractivity contribution < 1.29 is 4.74 Å². The summed E-state index contributed by atoms with van der Waals surface area (Å²) >= 11 is 0. The Morgan fingerprint density at radius 3 is 2.86 bits per heavy atom. The van der Waals surface area contributed by atoms with E-state index < -0.39 is 0 Å². The van der Waals surface area contributed by atoms with Crippen LogP contribution in [0, 0.1) is 0 Å². The molecule has 1 heterocycles. The Balaban J connectivity index is 2.47. The van der Waals surface area contributed by atoms with Crippen LogP contribution in [0.2, 0.25) is 0 Å². The van der Waals surface area contributed by atoms with Crippen molar-refractivity contribution in [1.29, 1.82) is 0 Å². The van der Waals surface area contributed by atoms with Crippen molar-refractivity contribution in [3.8, 4) is 0 Å². The third-order valence-electron chi connectivity index (χ3n) is 3.05. The molecular weight excluding hydrogens is 176 g/mol. The van der Waals surface area contributed by atoms with Crippen molar-refractivity contribution in [1.82, 2.24) is 5.43 Å². The molecule has 0 saturated carbocycles. The van der Waals surface area contributed by atoms with Gasteiger partial charge in [-0.2, -0.15) is 0 Å². The third-order valence-corrected chi connectivity index (χ3v) is 3.05. The highest BCUT2D eigenvalue weighted by Crippen LogP contribution is 2.30. The summed E-state index contributed by atoms with van der Waals surface area (Å²) in [5.74, 6) is 5.56. The lowest BCUT2D eigenvalue weighted by Crippen LogP contribution is -2.51. The Bertz CT molecular complexity index is 197. The topological polar surface area (TPSA) is 47.3 Å². The maximum Gasteiger partial charge on any atom is 0.0821 e. The van der Waals surface area contributed by atoms with Crippen LogP contribution in [-0.4, -0.2) is 18.2 Å². The predicted molar refractivity (Wildman–Crippen MR) is 58.8 cm³/mol. The summed E-state index contributed by atoms with van der Waals surface area (Å²) in [4.78, 5) is 0. The first-order valence-electron chi connectivity index (χ1n) is 5.33. The van der Waals surface area contributed by atoms with Gasteiger partial charge >= 0.3 is 0 Å². The standard InChI is InChI=1S/C11H22N2O/c1-9(2)5-6-10(13-12)11(3)7-4-8-14-11/h10,13H,1,4-8,12H2,2-3H3. The first-order valence-corrected chi connectivity index (χ1v) is 5.33. The lowest BCUT2D eigenvalue weighted by Gasteiger charge is -2.32. The molecule has 0 aromatic heterocycles. The van der Waals surface area contributed by atoms with E-state index in [1.807, 2.05) is 6.92 Å². The third kappa shape index (κ3) is 2.80. The van der Waals surface area contributed by atoms with Gasteiger partial charge in [-0.25, -0.2) is 0 Å². The Kier molecular flexibility index (Phi) is 4.11. The molecule has 0 bridgehead atoms. The van der Waals surface area contributed by atoms with Crippen molar-refractivity contribution >= 4 is 0 Å². The second-order valence-corrected chi connectivity index (χ2v) is 4.48. The zero-order valence-corrected chi connectivity index (χ0v) is 9.31. The van der Waals surface area contributed by atoms with Crippen LogP contribution in [0.3, 0.4) is 0 Å². The molecule has 1 aliphatic heterocycles. The molecule has 1 rings (SSSR count). The molecule has 1 fully saturated rings. The molecule has 0 aliphatic carbocycles. The molecule has 2 atom stereocenters. The molecule has 3 nitrogen and oxygen atoms in total. The molecule has 0 radical (unpaired) electrons. The summed E-state index contributed by atoms with van der Waals surface area (Å²) in [5, 5.41) is 0. The maximum atomic E-state index is 5.75. The van der Waals surface area contributed by atoms with Crippen LogP contribution in [0.15, 0.2) is 12.2 Å². The SMILES string of the molecule is C=C(C)CCC(NN)C1(C)CCCO1. The van der Waals surface area contributed by atoms with Gasteiger partial charge in [-0.15, -0.1) is 6.58 Å². The van der Waals surface area contributed by atoms with Gasteiger partial charge in [-0.05, 0) is 39.5 Å². The monoisotopic (exact) mass is 198 g/mol. The molecule has 0 spiro atoms. The van der Waals surface area contributed by atoms with Crippen molar-refractivity contribution in [3.63, 3.8) is 0 Å². The van der Waals surface area contributed by atoms with E-state index in [9.17, 15) is 0 Å². The highest BCUT2D eigenvalue weighted by molar-refractivity contribution is 4.96. The number of ether oxygens (including phenoxy) is 1. The predicted octanol–water partition coefficient (Wildman–Crippen LogP) is 1.74. The summed E-state index contributed by atoms with van der Waals surface area (Å²) in [7, 11) is 0. The molecule has 0 aromatic rings. The molecular formula is C11H22N2O. The summed E-state index contributed by atoms with van der Waals surface area (Å²) < 4.78 is 5.75. The lowest BCUT2D eigenvalue weighted by atomic mass is 9.89. The zero-order chi connectivity index (χ0) is 10.6. The number of nitrogens with two attached hydrogens (primary N) is 1. The number of rotatable bonds is 5. The van der Waals surface area contributed by atoms with E-state index >= 15 is 0 Å². The average Bonchev–Trinajstić information content (AvgIpc) is 2.53. The van der Waals surface area contributed by atoms with Gasteiger partial charge in [-0.3, -0.25) is 11.3 Å². The van der Waals surface area contributed by atoms with Gasteiger partial charge in [0, 0.05) is 6.61 Å². The van der Waals surface area contributed by atoms with Crippen LogP contribution in [-0.2, 0) is 4.74 Å². The van der Waals surface area contributed by atoms with Crippen molar-refractivity contribution in [3.05, 3.63) is 12.2 Å². The molecule has 14 heavy (non-hydrogen) atoms. The van der Waals surface area contributed by atoms with E-state index in [0.717, 1.165) is 32.3 Å². The van der Waals surface area contributed by atoms with E-state index in [4.69, 9.17) is 10.6 Å². The Labute approximate surface area is 86.7 Å². The molecule has 2 unspecified atom stereocenters. The second-order valence-electron chi connectivity index (χ2n) is 4.48. The number of hydrogen-bond donors (Lipinski definition) is 2. The molecule has 3 heteroatoms. The van der Waals surface area contributed by atoms with E-state index in [1.165, 1.54) is 5.57 Å². The zero-order valence-electron chi connectivity index (χ0n) is 9.31. The van der Waals surface area contributed by atoms with Crippen LogP contribution in [0.1, 0.15) is 39.5 Å². The van der Waals surface area contributed by atoms with Crippen LogP contribution in [0.5, 0.6) is 0 Å². The van der Waals surface area contributed by atoms with Crippen LogP contribution < -0.4 is 11.3 Å². The highest BCUT2D eigenvalue weighted by Gasteiger charge is 2.37. The van der Waals surface area contributed by atoms with Crippen molar-refractivity contribution in [2.45, 2.75) is 51.2 Å². The average molecular weight is 198 g/mol. The maximum absolute atomic E-state index is 5.75. The summed E-state index contributed by atoms with van der Waals surface area (Å²) in [6, 6.07) is 0.238. The first-order chi connectivity index (χ1) is 6.58. The normalized spacial score (nSPS) is 29.1. The Morgan fingerprint density at radius 1 is 1.71 bits per heavy atom. The summed E-state index contributed by atoms with van der Waals surface area (Å²) in [5.41, 5.74) is 4.00. The van der Waals surface area contributed by atoms with Crippen LogP contribution >= 0.6 is 0 Å². The summed E-state index contributed by atoms with van der Waals surface area (Å²) in [6.45, 7) is 8.95. The lowest BCUT2D eigenvalue weighted by molar-refractivity contribution is -0.0137. The second kappa shape index (κ2) is 4.91. The van der Waals surface area contributed by atoms with E-state index in [1.54, 1.807) is 0 Å². The number of nitrogens with one attached hydrogen (secondary N) is 1. The van der Waals surface area contributed by atoms with Crippen LogP contribution in [0.4, 0.5) is 0 Å². The first kappa shape index (κ1) is 11.7. The van der Waals surface area contributed by atoms with Crippen molar-refractivity contribution in [2.24, 2.45) is 5.84 Å². The number of allylic oxidation sites excluding steroid dienone is 1. The Morgan fingerprint density at radius 2 is 2.43 bits per heavy atom. The summed E-state index contributed by atoms with van der Waals surface area (Å²) in [6.07, 6.45) is 4.25. The molecule has 3 N–H and O–H groups in total. The largest absolute Gasteiger partial charge is 0.374 e. The van der Waals surface area contributed by atoms with Gasteiger partial charge in [0.05, 0.1) is 11.6 Å². The van der Waals surface area contributed by atoms with E-state index in [2.05, 4.69) is 18.9 Å². The van der Waals surface area contributed by atoms with Crippen molar-refractivity contribution in [2.75, 3.05) is 6.61 Å². The number of hydrogen-bond acceptors (Lipinski definition) is 3. The fraction of sp³-hybridized carbons (Fsp3) is 0.818. The fourth-order valence-corrected chi connectivity index (χ4v) is 2.03. The molecule has 0 aromatic carbocycles. The van der Waals surface area contributed by atoms with Gasteiger partial charge in [0.2, 0.25) is 0 Å². The molecule has 0 amide bonds. The van der Waals surface area contributed by atoms with Gasteiger partial charge in [-0.1, -0.05) is 5.57 Å². The molecule has 1 aliphatic rings. The van der Waals surface area contributed by atoms with Crippen LogP contribution in [0.25, 0.3) is 0 Å². The minimum absolute atomic E-state index is 0.0792. The molecule has 1 saturated heterocycles. The van der Waals surface area contributed by atoms with Gasteiger partial charge in [0.1, 0.15) is 0 Å². The van der Waals surface area contributed by atoms with Gasteiger partial charge < -0.3 is 4.74 Å². The fourth-order valence-electron chi connectivity index (χ4n) is 2.03. The van der Waals surface area contributed by atoms with E-state index in [-0.39, 0.29) is 11.6 Å². The minimum Gasteiger partial charge on any atom is -0.374 e. The van der Waals surface area contributed by atoms with Gasteiger partial charge in [0.15, 0.2) is 0 Å². The van der Waals surface area contributed by atoms with E-state index in [0.29, 0.717) is 0 Å². The molecule has 82 valence electrons. The quantitative estimate of drug-likeness (QED) is 0.402.